The van der Waals surface area contributed by atoms with Crippen LogP contribution in [0.3, 0.4) is 0 Å². The van der Waals surface area contributed by atoms with Crippen LogP contribution < -0.4 is 11.1 Å². The first-order chi connectivity index (χ1) is 9.90. The largest absolute Gasteiger partial charge is 0.396 e. The molecule has 2 atom stereocenters. The molecule has 0 aromatic heterocycles. The first-order valence-electron chi connectivity index (χ1n) is 6.94. The number of rotatable bonds is 3. The monoisotopic (exact) mass is 295 g/mol. The molecule has 1 amide bonds. The fourth-order valence-electron chi connectivity index (χ4n) is 2.69. The van der Waals surface area contributed by atoms with Gasteiger partial charge in [-0.15, -0.1) is 0 Å². The van der Waals surface area contributed by atoms with Crippen molar-refractivity contribution in [2.75, 3.05) is 5.73 Å². The van der Waals surface area contributed by atoms with Crippen LogP contribution in [-0.4, -0.2) is 16.9 Å². The van der Waals surface area contributed by atoms with Gasteiger partial charge in [0.25, 0.3) is 11.6 Å². The second-order valence-corrected chi connectivity index (χ2v) is 5.49. The van der Waals surface area contributed by atoms with Gasteiger partial charge in [0.2, 0.25) is 0 Å². The summed E-state index contributed by atoms with van der Waals surface area (Å²) in [6, 6.07) is 1.70. The van der Waals surface area contributed by atoms with Gasteiger partial charge >= 0.3 is 0 Å². The number of nitro benzene ring substituents is 1. The second kappa shape index (κ2) is 6.07. The van der Waals surface area contributed by atoms with E-state index in [-0.39, 0.29) is 17.3 Å². The molecule has 0 aliphatic heterocycles. The minimum absolute atomic E-state index is 0.0165. The third-order valence-electron chi connectivity index (χ3n) is 3.98. The van der Waals surface area contributed by atoms with E-state index in [1.165, 1.54) is 0 Å². The molecule has 0 heterocycles. The number of halogens is 1. The highest BCUT2D eigenvalue weighted by Crippen LogP contribution is 2.27. The van der Waals surface area contributed by atoms with E-state index in [4.69, 9.17) is 5.73 Å². The molecule has 1 aromatic carbocycles. The molecule has 1 saturated carbocycles. The van der Waals surface area contributed by atoms with Crippen LogP contribution in [0.5, 0.6) is 0 Å². The van der Waals surface area contributed by atoms with Gasteiger partial charge in [-0.05, 0) is 24.8 Å². The Labute approximate surface area is 121 Å². The van der Waals surface area contributed by atoms with Crippen molar-refractivity contribution in [2.45, 2.75) is 38.6 Å². The average molecular weight is 295 g/mol. The van der Waals surface area contributed by atoms with Crippen molar-refractivity contribution < 1.29 is 14.1 Å². The first-order valence-corrected chi connectivity index (χ1v) is 6.94. The van der Waals surface area contributed by atoms with Crippen molar-refractivity contribution in [1.82, 2.24) is 5.32 Å². The number of amides is 1. The zero-order chi connectivity index (χ0) is 15.6. The Bertz CT molecular complexity index is 577. The molecule has 1 fully saturated rings. The molecule has 0 bridgehead atoms. The highest BCUT2D eigenvalue weighted by atomic mass is 19.1. The summed E-state index contributed by atoms with van der Waals surface area (Å²) in [5.74, 6) is -1.16. The lowest BCUT2D eigenvalue weighted by atomic mass is 9.86. The van der Waals surface area contributed by atoms with Gasteiger partial charge in [-0.2, -0.15) is 0 Å². The predicted octanol–water partition coefficient (Wildman–Crippen LogP) is 2.62. The summed E-state index contributed by atoms with van der Waals surface area (Å²) >= 11 is 0. The molecule has 114 valence electrons. The minimum Gasteiger partial charge on any atom is -0.396 e. The molecular weight excluding hydrogens is 277 g/mol. The predicted molar refractivity (Wildman–Crippen MR) is 76.4 cm³/mol. The molecule has 7 heteroatoms. The summed E-state index contributed by atoms with van der Waals surface area (Å²) in [6.07, 6.45) is 4.00. The van der Waals surface area contributed by atoms with Gasteiger partial charge < -0.3 is 11.1 Å². The second-order valence-electron chi connectivity index (χ2n) is 5.49. The first kappa shape index (κ1) is 15.2. The Kier molecular flexibility index (Phi) is 4.40. The number of hydrogen-bond donors (Lipinski definition) is 2. The Balaban J connectivity index is 2.26. The smallest absolute Gasteiger partial charge is 0.285 e. The number of carbonyl (C=O) groups excluding carboxylic acids is 1. The van der Waals surface area contributed by atoms with Gasteiger partial charge in [-0.1, -0.05) is 19.8 Å². The number of nitro groups is 1. The third-order valence-corrected chi connectivity index (χ3v) is 3.98. The van der Waals surface area contributed by atoms with Gasteiger partial charge in [0, 0.05) is 6.04 Å². The summed E-state index contributed by atoms with van der Waals surface area (Å²) in [5.41, 5.74) is 4.37. The van der Waals surface area contributed by atoms with Crippen LogP contribution in [0.25, 0.3) is 0 Å². The van der Waals surface area contributed by atoms with Crippen LogP contribution in [0.15, 0.2) is 12.1 Å². The minimum atomic E-state index is -0.899. The average Bonchev–Trinajstić information content (AvgIpc) is 2.43. The molecule has 3 N–H and O–H groups in total. The molecular formula is C14H18FN3O3. The van der Waals surface area contributed by atoms with E-state index in [0.717, 1.165) is 31.7 Å². The number of anilines is 1. The maximum absolute atomic E-state index is 13.3. The van der Waals surface area contributed by atoms with Crippen molar-refractivity contribution in [1.29, 1.82) is 0 Å². The zero-order valence-electron chi connectivity index (χ0n) is 11.8. The van der Waals surface area contributed by atoms with Crippen molar-refractivity contribution in [3.63, 3.8) is 0 Å². The molecule has 1 aromatic rings. The zero-order valence-corrected chi connectivity index (χ0v) is 11.8. The lowest BCUT2D eigenvalue weighted by Crippen LogP contribution is -2.41. The van der Waals surface area contributed by atoms with Gasteiger partial charge in [0.1, 0.15) is 5.56 Å². The number of nitrogens with two attached hydrogens (primary N) is 1. The van der Waals surface area contributed by atoms with Crippen LogP contribution >= 0.6 is 0 Å². The molecule has 2 rings (SSSR count). The van der Waals surface area contributed by atoms with Gasteiger partial charge in [-0.25, -0.2) is 4.39 Å². The summed E-state index contributed by atoms with van der Waals surface area (Å²) in [4.78, 5) is 22.4. The highest BCUT2D eigenvalue weighted by molar-refractivity contribution is 5.99. The Morgan fingerprint density at radius 3 is 2.71 bits per heavy atom. The molecule has 0 saturated heterocycles. The summed E-state index contributed by atoms with van der Waals surface area (Å²) in [5, 5.41) is 13.8. The van der Waals surface area contributed by atoms with Gasteiger partial charge in [0.15, 0.2) is 5.82 Å². The third kappa shape index (κ3) is 3.29. The SMILES string of the molecule is CC1CCCCC1NC(=O)c1cc(N)c(F)cc1[N+](=O)[O-]. The lowest BCUT2D eigenvalue weighted by molar-refractivity contribution is -0.385. The molecule has 21 heavy (non-hydrogen) atoms. The molecule has 0 spiro atoms. The van der Waals surface area contributed by atoms with Crippen molar-refractivity contribution in [3.05, 3.63) is 33.6 Å². The normalized spacial score (nSPS) is 21.8. The van der Waals surface area contributed by atoms with Gasteiger partial charge in [-0.3, -0.25) is 14.9 Å². The number of benzene rings is 1. The lowest BCUT2D eigenvalue weighted by Gasteiger charge is -2.29. The van der Waals surface area contributed by atoms with Crippen LogP contribution in [-0.2, 0) is 0 Å². The number of nitrogen functional groups attached to an aromatic ring is 1. The topological polar surface area (TPSA) is 98.3 Å². The van der Waals surface area contributed by atoms with E-state index in [1.807, 2.05) is 6.92 Å². The quantitative estimate of drug-likeness (QED) is 0.508. The van der Waals surface area contributed by atoms with E-state index in [1.54, 1.807) is 0 Å². The van der Waals surface area contributed by atoms with Crippen LogP contribution in [0.2, 0.25) is 0 Å². The Morgan fingerprint density at radius 1 is 1.43 bits per heavy atom. The Hall–Kier alpha value is -2.18. The van der Waals surface area contributed by atoms with E-state index >= 15 is 0 Å². The number of hydrogen-bond acceptors (Lipinski definition) is 4. The maximum atomic E-state index is 13.3. The fourth-order valence-corrected chi connectivity index (χ4v) is 2.69. The van der Waals surface area contributed by atoms with E-state index in [9.17, 15) is 19.3 Å². The maximum Gasteiger partial charge on any atom is 0.285 e. The summed E-state index contributed by atoms with van der Waals surface area (Å²) < 4.78 is 13.3. The summed E-state index contributed by atoms with van der Waals surface area (Å²) in [7, 11) is 0. The number of nitrogens with one attached hydrogen (secondary N) is 1. The van der Waals surface area contributed by atoms with Crippen LogP contribution in [0, 0.1) is 21.8 Å². The molecule has 6 nitrogen and oxygen atoms in total. The summed E-state index contributed by atoms with van der Waals surface area (Å²) in [6.45, 7) is 2.04. The highest BCUT2D eigenvalue weighted by Gasteiger charge is 2.27. The fraction of sp³-hybridized carbons (Fsp3) is 0.500. The van der Waals surface area contributed by atoms with Crippen LogP contribution in [0.1, 0.15) is 43.0 Å². The Morgan fingerprint density at radius 2 is 2.10 bits per heavy atom. The molecule has 0 radical (unpaired) electrons. The van der Waals surface area contributed by atoms with E-state index in [2.05, 4.69) is 5.32 Å². The van der Waals surface area contributed by atoms with Crippen molar-refractivity contribution in [2.24, 2.45) is 5.92 Å². The molecule has 1 aliphatic rings. The van der Waals surface area contributed by atoms with Crippen molar-refractivity contribution >= 4 is 17.3 Å². The number of carbonyl (C=O) groups is 1. The van der Waals surface area contributed by atoms with Crippen LogP contribution in [0.4, 0.5) is 15.8 Å². The van der Waals surface area contributed by atoms with Crippen molar-refractivity contribution in [3.8, 4) is 0 Å². The molecule has 2 unspecified atom stereocenters. The molecule has 1 aliphatic carbocycles. The van der Waals surface area contributed by atoms with Gasteiger partial charge in [0.05, 0.1) is 16.7 Å². The standard InChI is InChI=1S/C14H18FN3O3/c1-8-4-2-3-5-12(8)17-14(19)9-6-11(16)10(15)7-13(9)18(20)21/h6-8,12H,2-5,16H2,1H3,(H,17,19). The van der Waals surface area contributed by atoms with E-state index in [0.29, 0.717) is 12.0 Å². The number of nitrogens with zero attached hydrogens (tertiary/aromatic N) is 1. The van der Waals surface area contributed by atoms with E-state index < -0.39 is 22.3 Å².